The Morgan fingerprint density at radius 3 is 2.67 bits per heavy atom. The second kappa shape index (κ2) is 6.33. The Bertz CT molecular complexity index is 601. The summed E-state index contributed by atoms with van der Waals surface area (Å²) in [6.07, 6.45) is 0.969. The van der Waals surface area contributed by atoms with E-state index >= 15 is 0 Å². The molecule has 0 amide bonds. The molecule has 0 spiro atoms. The van der Waals surface area contributed by atoms with Gasteiger partial charge in [-0.25, -0.2) is 8.78 Å². The first-order valence-electron chi connectivity index (χ1n) is 7.20. The molecule has 0 aliphatic carbocycles. The average Bonchev–Trinajstić information content (AvgIpc) is 2.98. The summed E-state index contributed by atoms with van der Waals surface area (Å²) in [5, 5.41) is 6.80. The zero-order valence-corrected chi connectivity index (χ0v) is 11.7. The highest BCUT2D eigenvalue weighted by molar-refractivity contribution is 5.23. The molecule has 3 rings (SSSR count). The molecular weight excluding hydrogens is 270 g/mol. The van der Waals surface area contributed by atoms with Crippen LogP contribution in [0.4, 0.5) is 8.78 Å². The SMILES string of the molecule is Fc1cccc(CN[C@@H]2CCN[C@@H]2c2ccccc2)c1F. The Morgan fingerprint density at radius 2 is 1.86 bits per heavy atom. The van der Waals surface area contributed by atoms with Gasteiger partial charge in [0.05, 0.1) is 0 Å². The van der Waals surface area contributed by atoms with Crippen LogP contribution in [0.3, 0.4) is 0 Å². The van der Waals surface area contributed by atoms with Crippen molar-refractivity contribution in [3.63, 3.8) is 0 Å². The van der Waals surface area contributed by atoms with Gasteiger partial charge in [-0.2, -0.15) is 0 Å². The number of benzene rings is 2. The van der Waals surface area contributed by atoms with E-state index in [2.05, 4.69) is 22.8 Å². The van der Waals surface area contributed by atoms with E-state index < -0.39 is 11.6 Å². The van der Waals surface area contributed by atoms with Crippen LogP contribution in [-0.2, 0) is 6.54 Å². The van der Waals surface area contributed by atoms with Gasteiger partial charge in [0, 0.05) is 24.2 Å². The maximum Gasteiger partial charge on any atom is 0.163 e. The lowest BCUT2D eigenvalue weighted by molar-refractivity contribution is 0.445. The van der Waals surface area contributed by atoms with Crippen molar-refractivity contribution in [2.24, 2.45) is 0 Å². The van der Waals surface area contributed by atoms with Gasteiger partial charge in [0.2, 0.25) is 0 Å². The van der Waals surface area contributed by atoms with Crippen LogP contribution in [0.15, 0.2) is 48.5 Å². The second-order valence-corrected chi connectivity index (χ2v) is 5.33. The molecule has 1 heterocycles. The van der Waals surface area contributed by atoms with E-state index in [1.54, 1.807) is 6.07 Å². The Hall–Kier alpha value is -1.78. The van der Waals surface area contributed by atoms with Crippen molar-refractivity contribution in [1.29, 1.82) is 0 Å². The normalized spacial score (nSPS) is 21.6. The van der Waals surface area contributed by atoms with Crippen LogP contribution < -0.4 is 10.6 Å². The molecule has 0 aromatic heterocycles. The largest absolute Gasteiger partial charge is 0.309 e. The van der Waals surface area contributed by atoms with Crippen molar-refractivity contribution in [3.05, 3.63) is 71.3 Å². The monoisotopic (exact) mass is 288 g/mol. The summed E-state index contributed by atoms with van der Waals surface area (Å²) >= 11 is 0. The number of rotatable bonds is 4. The van der Waals surface area contributed by atoms with E-state index in [1.165, 1.54) is 11.6 Å². The molecule has 2 atom stereocenters. The third-order valence-electron chi connectivity index (χ3n) is 3.97. The van der Waals surface area contributed by atoms with Gasteiger partial charge < -0.3 is 10.6 Å². The van der Waals surface area contributed by atoms with Crippen molar-refractivity contribution in [2.75, 3.05) is 6.54 Å². The Balaban J connectivity index is 1.68. The van der Waals surface area contributed by atoms with E-state index in [4.69, 9.17) is 0 Å². The summed E-state index contributed by atoms with van der Waals surface area (Å²) < 4.78 is 26.9. The van der Waals surface area contributed by atoms with E-state index in [0.717, 1.165) is 19.0 Å². The summed E-state index contributed by atoms with van der Waals surface area (Å²) in [5.74, 6) is -1.55. The standard InChI is InChI=1S/C17H18F2N2/c18-14-8-4-7-13(16(14)19)11-21-15-9-10-20-17(15)12-5-2-1-3-6-12/h1-8,15,17,20-21H,9-11H2/t15-,17-/m1/s1. The smallest absolute Gasteiger partial charge is 0.163 e. The minimum Gasteiger partial charge on any atom is -0.309 e. The van der Waals surface area contributed by atoms with Crippen molar-refractivity contribution >= 4 is 0 Å². The molecule has 1 saturated heterocycles. The van der Waals surface area contributed by atoms with Crippen LogP contribution in [0.1, 0.15) is 23.6 Å². The highest BCUT2D eigenvalue weighted by atomic mass is 19.2. The van der Waals surface area contributed by atoms with Crippen molar-refractivity contribution in [2.45, 2.75) is 25.0 Å². The topological polar surface area (TPSA) is 24.1 Å². The van der Waals surface area contributed by atoms with Crippen molar-refractivity contribution < 1.29 is 8.78 Å². The first kappa shape index (κ1) is 14.2. The van der Waals surface area contributed by atoms with Gasteiger partial charge in [-0.3, -0.25) is 0 Å². The molecule has 2 nitrogen and oxygen atoms in total. The molecule has 0 unspecified atom stereocenters. The molecule has 1 fully saturated rings. The Kier molecular flexibility index (Phi) is 4.27. The molecule has 0 bridgehead atoms. The molecule has 1 aliphatic heterocycles. The van der Waals surface area contributed by atoms with Crippen LogP contribution in [-0.4, -0.2) is 12.6 Å². The van der Waals surface area contributed by atoms with E-state index in [1.807, 2.05) is 18.2 Å². The van der Waals surface area contributed by atoms with Gasteiger partial charge in [0.15, 0.2) is 11.6 Å². The zero-order valence-electron chi connectivity index (χ0n) is 11.7. The van der Waals surface area contributed by atoms with E-state index in [0.29, 0.717) is 12.1 Å². The van der Waals surface area contributed by atoms with Crippen LogP contribution in [0.25, 0.3) is 0 Å². The van der Waals surface area contributed by atoms with Crippen molar-refractivity contribution in [3.8, 4) is 0 Å². The predicted molar refractivity (Wildman–Crippen MR) is 78.8 cm³/mol. The first-order valence-corrected chi connectivity index (χ1v) is 7.20. The van der Waals surface area contributed by atoms with Gasteiger partial charge in [-0.05, 0) is 24.6 Å². The van der Waals surface area contributed by atoms with Gasteiger partial charge in [-0.15, -0.1) is 0 Å². The molecule has 2 aromatic carbocycles. The van der Waals surface area contributed by atoms with Gasteiger partial charge >= 0.3 is 0 Å². The van der Waals surface area contributed by atoms with Crippen molar-refractivity contribution in [1.82, 2.24) is 10.6 Å². The molecule has 21 heavy (non-hydrogen) atoms. The molecule has 0 radical (unpaired) electrons. The maximum absolute atomic E-state index is 13.7. The van der Waals surface area contributed by atoms with Gasteiger partial charge in [-0.1, -0.05) is 42.5 Å². The predicted octanol–water partition coefficient (Wildman–Crippen LogP) is 3.16. The quantitative estimate of drug-likeness (QED) is 0.903. The first-order chi connectivity index (χ1) is 10.3. The highest BCUT2D eigenvalue weighted by Gasteiger charge is 2.27. The third-order valence-corrected chi connectivity index (χ3v) is 3.97. The molecule has 2 N–H and O–H groups in total. The fourth-order valence-corrected chi connectivity index (χ4v) is 2.86. The highest BCUT2D eigenvalue weighted by Crippen LogP contribution is 2.24. The summed E-state index contributed by atoms with van der Waals surface area (Å²) in [5.41, 5.74) is 1.58. The minimum absolute atomic E-state index is 0.211. The fourth-order valence-electron chi connectivity index (χ4n) is 2.86. The zero-order chi connectivity index (χ0) is 14.7. The second-order valence-electron chi connectivity index (χ2n) is 5.33. The molecule has 2 aromatic rings. The summed E-state index contributed by atoms with van der Waals surface area (Å²) in [6.45, 7) is 1.25. The maximum atomic E-state index is 13.7. The molecule has 4 heteroatoms. The number of hydrogen-bond acceptors (Lipinski definition) is 2. The Labute approximate surface area is 123 Å². The number of hydrogen-bond donors (Lipinski definition) is 2. The number of nitrogens with one attached hydrogen (secondary N) is 2. The van der Waals surface area contributed by atoms with Gasteiger partial charge in [0.25, 0.3) is 0 Å². The third kappa shape index (κ3) is 3.12. The molecule has 0 saturated carbocycles. The van der Waals surface area contributed by atoms with E-state index in [-0.39, 0.29) is 12.1 Å². The molecule has 1 aliphatic rings. The van der Waals surface area contributed by atoms with Gasteiger partial charge in [0.1, 0.15) is 0 Å². The van der Waals surface area contributed by atoms with Crippen LogP contribution in [0.2, 0.25) is 0 Å². The lowest BCUT2D eigenvalue weighted by Crippen LogP contribution is -2.34. The lowest BCUT2D eigenvalue weighted by atomic mass is 10.0. The average molecular weight is 288 g/mol. The fraction of sp³-hybridized carbons (Fsp3) is 0.294. The minimum atomic E-state index is -0.793. The lowest BCUT2D eigenvalue weighted by Gasteiger charge is -2.21. The van der Waals surface area contributed by atoms with Crippen LogP contribution >= 0.6 is 0 Å². The molecule has 110 valence electrons. The Morgan fingerprint density at radius 1 is 1.05 bits per heavy atom. The van der Waals surface area contributed by atoms with E-state index in [9.17, 15) is 8.78 Å². The summed E-state index contributed by atoms with van der Waals surface area (Å²) in [4.78, 5) is 0. The number of halogens is 2. The van der Waals surface area contributed by atoms with Crippen LogP contribution in [0, 0.1) is 11.6 Å². The molecular formula is C17H18F2N2. The summed E-state index contributed by atoms with van der Waals surface area (Å²) in [7, 11) is 0. The van der Waals surface area contributed by atoms with Crippen LogP contribution in [0.5, 0.6) is 0 Å². The summed E-state index contributed by atoms with van der Waals surface area (Å²) in [6, 6.07) is 14.9.